The summed E-state index contributed by atoms with van der Waals surface area (Å²) in [6, 6.07) is 1.57. The number of nitrogens with two attached hydrogens (primary N) is 1. The second-order valence-corrected chi connectivity index (χ2v) is 7.61. The number of nitrogens with one attached hydrogen (secondary N) is 1. The van der Waals surface area contributed by atoms with E-state index in [0.717, 1.165) is 37.9 Å². The van der Waals surface area contributed by atoms with Crippen LogP contribution in [0.4, 0.5) is 5.69 Å². The lowest BCUT2D eigenvalue weighted by atomic mass is 9.93. The van der Waals surface area contributed by atoms with E-state index in [1.807, 2.05) is 0 Å². The number of anilines is 1. The van der Waals surface area contributed by atoms with Crippen LogP contribution < -0.4 is 15.8 Å². The molecule has 1 aromatic carbocycles. The molecular formula is C19H28ClN3O3. The lowest BCUT2D eigenvalue weighted by Crippen LogP contribution is -2.47. The fourth-order valence-corrected chi connectivity index (χ4v) is 3.95. The van der Waals surface area contributed by atoms with Crippen molar-refractivity contribution in [2.75, 3.05) is 38.5 Å². The molecule has 2 aliphatic rings. The van der Waals surface area contributed by atoms with Gasteiger partial charge in [-0.2, -0.15) is 0 Å². The molecule has 4 N–H and O–H groups in total. The van der Waals surface area contributed by atoms with Crippen molar-refractivity contribution in [3.63, 3.8) is 0 Å². The molecule has 6 nitrogen and oxygen atoms in total. The van der Waals surface area contributed by atoms with E-state index in [2.05, 4.69) is 17.1 Å². The van der Waals surface area contributed by atoms with Gasteiger partial charge < -0.3 is 25.8 Å². The number of ether oxygens (including phenoxy) is 1. The first-order valence-corrected chi connectivity index (χ1v) is 9.81. The van der Waals surface area contributed by atoms with Gasteiger partial charge in [-0.1, -0.05) is 24.9 Å². The van der Waals surface area contributed by atoms with Crippen LogP contribution in [0.5, 0.6) is 5.75 Å². The number of nitrogen functional groups attached to an aromatic ring is 1. The number of aliphatic hydroxyl groups excluding tert-OH is 1. The van der Waals surface area contributed by atoms with Crippen molar-refractivity contribution in [3.05, 3.63) is 22.2 Å². The molecule has 144 valence electrons. The SMILES string of the molecule is CCCCN1CC[C@H](CNC(=O)c2cc(Cl)c(N)c3c2OCC3)[C@@H](O)C1. The molecule has 0 spiro atoms. The first-order valence-electron chi connectivity index (χ1n) is 9.43. The van der Waals surface area contributed by atoms with Gasteiger partial charge >= 0.3 is 0 Å². The summed E-state index contributed by atoms with van der Waals surface area (Å²) in [6.07, 6.45) is 3.43. The van der Waals surface area contributed by atoms with Crippen LogP contribution >= 0.6 is 11.6 Å². The van der Waals surface area contributed by atoms with Gasteiger partial charge in [0.15, 0.2) is 0 Å². The Kier molecular flexibility index (Phi) is 6.27. The molecule has 1 saturated heterocycles. The molecular weight excluding hydrogens is 354 g/mol. The van der Waals surface area contributed by atoms with Crippen molar-refractivity contribution < 1.29 is 14.6 Å². The van der Waals surface area contributed by atoms with Crippen LogP contribution in [0.15, 0.2) is 6.07 Å². The average Bonchev–Trinajstić information content (AvgIpc) is 3.12. The van der Waals surface area contributed by atoms with Crippen LogP contribution in [-0.4, -0.2) is 54.8 Å². The largest absolute Gasteiger partial charge is 0.492 e. The average molecular weight is 382 g/mol. The van der Waals surface area contributed by atoms with E-state index in [1.54, 1.807) is 6.07 Å². The molecule has 1 amide bonds. The van der Waals surface area contributed by atoms with Gasteiger partial charge in [0.1, 0.15) is 5.75 Å². The summed E-state index contributed by atoms with van der Waals surface area (Å²) >= 11 is 6.17. The third-order valence-corrected chi connectivity index (χ3v) is 5.69. The number of hydrogen-bond donors (Lipinski definition) is 3. The highest BCUT2D eigenvalue weighted by Gasteiger charge is 2.29. The third kappa shape index (κ3) is 4.08. The number of carbonyl (C=O) groups is 1. The second-order valence-electron chi connectivity index (χ2n) is 7.21. The molecule has 3 rings (SSSR count). The highest BCUT2D eigenvalue weighted by molar-refractivity contribution is 6.33. The minimum atomic E-state index is -0.419. The Labute approximate surface area is 159 Å². The molecule has 2 heterocycles. The number of hydrogen-bond acceptors (Lipinski definition) is 5. The van der Waals surface area contributed by atoms with Crippen LogP contribution in [0, 0.1) is 5.92 Å². The van der Waals surface area contributed by atoms with Gasteiger partial charge in [0, 0.05) is 31.0 Å². The lowest BCUT2D eigenvalue weighted by Gasteiger charge is -2.36. The molecule has 0 aliphatic carbocycles. The molecule has 0 saturated carbocycles. The van der Waals surface area contributed by atoms with E-state index in [1.165, 1.54) is 0 Å². The number of unbranched alkanes of at least 4 members (excludes halogenated alkanes) is 1. The Bertz CT molecular complexity index is 668. The number of nitrogens with zero attached hydrogens (tertiary/aromatic N) is 1. The van der Waals surface area contributed by atoms with E-state index in [-0.39, 0.29) is 11.8 Å². The molecule has 2 atom stereocenters. The van der Waals surface area contributed by atoms with Crippen LogP contribution in [0.1, 0.15) is 42.1 Å². The fourth-order valence-electron chi connectivity index (χ4n) is 3.72. The van der Waals surface area contributed by atoms with E-state index in [9.17, 15) is 9.90 Å². The minimum Gasteiger partial charge on any atom is -0.492 e. The molecule has 26 heavy (non-hydrogen) atoms. The number of likely N-dealkylation sites (tertiary alicyclic amines) is 1. The van der Waals surface area contributed by atoms with Crippen LogP contribution in [0.25, 0.3) is 0 Å². The van der Waals surface area contributed by atoms with Crippen molar-refractivity contribution >= 4 is 23.2 Å². The zero-order valence-corrected chi connectivity index (χ0v) is 16.0. The van der Waals surface area contributed by atoms with Gasteiger partial charge in [-0.15, -0.1) is 0 Å². The normalized spacial score (nSPS) is 22.7. The number of halogens is 1. The van der Waals surface area contributed by atoms with E-state index < -0.39 is 6.10 Å². The summed E-state index contributed by atoms with van der Waals surface area (Å²) in [5, 5.41) is 13.7. The zero-order chi connectivity index (χ0) is 18.7. The summed E-state index contributed by atoms with van der Waals surface area (Å²) in [5.41, 5.74) is 7.70. The number of carbonyl (C=O) groups excluding carboxylic acids is 1. The van der Waals surface area contributed by atoms with E-state index in [0.29, 0.717) is 48.1 Å². The molecule has 0 radical (unpaired) electrons. The van der Waals surface area contributed by atoms with Crippen LogP contribution in [0.2, 0.25) is 5.02 Å². The number of fused-ring (bicyclic) bond motifs is 1. The molecule has 2 aliphatic heterocycles. The van der Waals surface area contributed by atoms with E-state index in [4.69, 9.17) is 22.1 Å². The van der Waals surface area contributed by atoms with Crippen LogP contribution in [-0.2, 0) is 6.42 Å². The maximum atomic E-state index is 12.6. The number of piperidine rings is 1. The maximum absolute atomic E-state index is 12.6. The number of benzene rings is 1. The van der Waals surface area contributed by atoms with Gasteiger partial charge in [0.2, 0.25) is 0 Å². The van der Waals surface area contributed by atoms with E-state index >= 15 is 0 Å². The number of rotatable bonds is 6. The standard InChI is InChI=1S/C19H28ClN3O3/c1-2-3-6-23-7-4-12(16(24)11-23)10-22-19(25)14-9-15(20)17(21)13-5-8-26-18(13)14/h9,12,16,24H,2-8,10-11,21H2,1H3,(H,22,25)/t12-,16+/m1/s1. The van der Waals surface area contributed by atoms with Crippen molar-refractivity contribution in [1.29, 1.82) is 0 Å². The highest BCUT2D eigenvalue weighted by Crippen LogP contribution is 2.38. The summed E-state index contributed by atoms with van der Waals surface area (Å²) in [6.45, 7) is 5.78. The topological polar surface area (TPSA) is 87.8 Å². The lowest BCUT2D eigenvalue weighted by molar-refractivity contribution is 0.0217. The monoisotopic (exact) mass is 381 g/mol. The molecule has 0 bridgehead atoms. The van der Waals surface area contributed by atoms with Gasteiger partial charge in [0.05, 0.1) is 29.0 Å². The first kappa shape index (κ1) is 19.3. The maximum Gasteiger partial charge on any atom is 0.255 e. The summed E-state index contributed by atoms with van der Waals surface area (Å²) < 4.78 is 5.60. The predicted molar refractivity (Wildman–Crippen MR) is 103 cm³/mol. The first-order chi connectivity index (χ1) is 12.5. The Morgan fingerprint density at radius 2 is 2.35 bits per heavy atom. The quantitative estimate of drug-likeness (QED) is 0.656. The number of β-amino-alcohol motifs (C(OH)–C–C–N with tert-alkyl or cyclic N) is 1. The van der Waals surface area contributed by atoms with Crippen molar-refractivity contribution in [2.24, 2.45) is 5.92 Å². The second kappa shape index (κ2) is 8.46. The minimum absolute atomic E-state index is 0.0649. The number of amides is 1. The summed E-state index contributed by atoms with van der Waals surface area (Å²) in [4.78, 5) is 14.9. The zero-order valence-electron chi connectivity index (χ0n) is 15.3. The van der Waals surface area contributed by atoms with Crippen molar-refractivity contribution in [1.82, 2.24) is 10.2 Å². The Balaban J connectivity index is 1.59. The summed E-state index contributed by atoms with van der Waals surface area (Å²) in [5.74, 6) is 0.375. The van der Waals surface area contributed by atoms with Crippen LogP contribution in [0.3, 0.4) is 0 Å². The Morgan fingerprint density at radius 3 is 3.08 bits per heavy atom. The third-order valence-electron chi connectivity index (χ3n) is 5.37. The number of aliphatic hydroxyl groups is 1. The van der Waals surface area contributed by atoms with Gasteiger partial charge in [-0.05, 0) is 32.0 Å². The van der Waals surface area contributed by atoms with Crippen molar-refractivity contribution in [2.45, 2.75) is 38.7 Å². The highest BCUT2D eigenvalue weighted by atomic mass is 35.5. The smallest absolute Gasteiger partial charge is 0.255 e. The fraction of sp³-hybridized carbons (Fsp3) is 0.632. The van der Waals surface area contributed by atoms with Gasteiger partial charge in [-0.3, -0.25) is 4.79 Å². The Hall–Kier alpha value is -1.50. The van der Waals surface area contributed by atoms with Gasteiger partial charge in [-0.25, -0.2) is 0 Å². The molecule has 0 unspecified atom stereocenters. The molecule has 0 aromatic heterocycles. The molecule has 1 fully saturated rings. The Morgan fingerprint density at radius 1 is 1.54 bits per heavy atom. The van der Waals surface area contributed by atoms with Gasteiger partial charge in [0.25, 0.3) is 5.91 Å². The van der Waals surface area contributed by atoms with Crippen molar-refractivity contribution in [3.8, 4) is 5.75 Å². The molecule has 1 aromatic rings. The summed E-state index contributed by atoms with van der Waals surface area (Å²) in [7, 11) is 0. The predicted octanol–water partition coefficient (Wildman–Crippen LogP) is 2.07. The molecule has 7 heteroatoms.